The maximum absolute atomic E-state index is 6.13. The lowest BCUT2D eigenvalue weighted by molar-refractivity contribution is 0.676. The fraction of sp³-hybridized carbons (Fsp3) is 0.182. The number of anilines is 3. The number of pyridine rings is 1. The average Bonchev–Trinajstić information content (AvgIpc) is 2.73. The molecule has 5 heteroatoms. The number of nitrogens with zero attached hydrogens (tertiary/aromatic N) is 2. The van der Waals surface area contributed by atoms with Crippen LogP contribution in [0.1, 0.15) is 0 Å². The molecule has 4 rings (SSSR count). The van der Waals surface area contributed by atoms with Crippen molar-refractivity contribution in [2.24, 2.45) is 10.9 Å². The van der Waals surface area contributed by atoms with Crippen LogP contribution in [-0.2, 0) is 0 Å². The van der Waals surface area contributed by atoms with Crippen LogP contribution < -0.4 is 16.4 Å². The summed E-state index contributed by atoms with van der Waals surface area (Å²) in [4.78, 5) is 9.19. The number of nitrogens with one attached hydrogen (secondary N) is 2. The van der Waals surface area contributed by atoms with Gasteiger partial charge in [-0.3, -0.25) is 4.99 Å². The van der Waals surface area contributed by atoms with Gasteiger partial charge in [0.2, 0.25) is 0 Å². The summed E-state index contributed by atoms with van der Waals surface area (Å²) >= 11 is 0. The van der Waals surface area contributed by atoms with E-state index in [-0.39, 0.29) is 6.04 Å². The van der Waals surface area contributed by atoms with E-state index in [0.717, 1.165) is 16.9 Å². The SMILES string of the molecule is CNc1ccc(-c2ccc(N)c(NCC3=CC4C=CC=NC4C=C3)n2)cc1. The van der Waals surface area contributed by atoms with Gasteiger partial charge in [0.1, 0.15) is 5.82 Å². The third-order valence-electron chi connectivity index (χ3n) is 4.84. The lowest BCUT2D eigenvalue weighted by atomic mass is 9.90. The Kier molecular flexibility index (Phi) is 4.75. The number of fused-ring (bicyclic) bond motifs is 1. The van der Waals surface area contributed by atoms with Crippen molar-refractivity contribution in [3.8, 4) is 11.3 Å². The van der Waals surface area contributed by atoms with Gasteiger partial charge in [-0.2, -0.15) is 0 Å². The van der Waals surface area contributed by atoms with Crippen LogP contribution in [-0.4, -0.2) is 30.8 Å². The number of aromatic nitrogens is 1. The van der Waals surface area contributed by atoms with Gasteiger partial charge in [-0.15, -0.1) is 0 Å². The van der Waals surface area contributed by atoms with Gasteiger partial charge in [0.15, 0.2) is 0 Å². The summed E-state index contributed by atoms with van der Waals surface area (Å²) in [5.74, 6) is 1.04. The number of nitrogens with two attached hydrogens (primary N) is 1. The molecule has 0 bridgehead atoms. The maximum Gasteiger partial charge on any atom is 0.150 e. The smallest absolute Gasteiger partial charge is 0.150 e. The molecular formula is C22H23N5. The molecule has 5 nitrogen and oxygen atoms in total. The van der Waals surface area contributed by atoms with Crippen LogP contribution in [0.4, 0.5) is 17.2 Å². The monoisotopic (exact) mass is 357 g/mol. The number of rotatable bonds is 5. The highest BCUT2D eigenvalue weighted by Gasteiger charge is 2.19. The largest absolute Gasteiger partial charge is 0.396 e. The summed E-state index contributed by atoms with van der Waals surface area (Å²) in [6, 6.07) is 12.3. The van der Waals surface area contributed by atoms with E-state index in [0.29, 0.717) is 24.0 Å². The Morgan fingerprint density at radius 2 is 1.93 bits per heavy atom. The van der Waals surface area contributed by atoms with Crippen LogP contribution in [0, 0.1) is 5.92 Å². The summed E-state index contributed by atoms with van der Waals surface area (Å²) < 4.78 is 0. The lowest BCUT2D eigenvalue weighted by Crippen LogP contribution is -2.20. The molecule has 2 aromatic rings. The van der Waals surface area contributed by atoms with Gasteiger partial charge in [-0.1, -0.05) is 36.4 Å². The molecule has 2 aliphatic rings. The molecule has 2 atom stereocenters. The van der Waals surface area contributed by atoms with E-state index in [4.69, 9.17) is 10.7 Å². The fourth-order valence-electron chi connectivity index (χ4n) is 3.28. The molecule has 2 heterocycles. The third kappa shape index (κ3) is 3.77. The Labute approximate surface area is 159 Å². The number of dihydropyridines is 1. The molecule has 0 radical (unpaired) electrons. The second-order valence-corrected chi connectivity index (χ2v) is 6.67. The van der Waals surface area contributed by atoms with Gasteiger partial charge >= 0.3 is 0 Å². The van der Waals surface area contributed by atoms with Crippen molar-refractivity contribution < 1.29 is 0 Å². The molecule has 0 amide bonds. The highest BCUT2D eigenvalue weighted by molar-refractivity contribution is 5.73. The number of hydrogen-bond acceptors (Lipinski definition) is 5. The van der Waals surface area contributed by atoms with Gasteiger partial charge in [0.25, 0.3) is 0 Å². The summed E-state index contributed by atoms with van der Waals surface area (Å²) in [7, 11) is 1.91. The predicted octanol–water partition coefficient (Wildman–Crippen LogP) is 3.91. The first-order valence-electron chi connectivity index (χ1n) is 9.10. The van der Waals surface area contributed by atoms with Gasteiger partial charge < -0.3 is 16.4 Å². The number of nitrogen functional groups attached to an aromatic ring is 1. The molecule has 27 heavy (non-hydrogen) atoms. The van der Waals surface area contributed by atoms with E-state index in [1.165, 1.54) is 5.57 Å². The standard InChI is InChI=1S/C22H23N5/c1-24-18-7-5-16(6-8-18)21-11-9-19(23)22(27-21)26-14-15-4-10-20-17(13-15)3-2-12-25-20/h2-13,17,20,24H,14,23H2,1H3,(H,26,27). The van der Waals surface area contributed by atoms with Crippen molar-refractivity contribution in [2.75, 3.05) is 30.0 Å². The minimum atomic E-state index is 0.228. The molecular weight excluding hydrogens is 334 g/mol. The molecule has 1 aliphatic carbocycles. The van der Waals surface area contributed by atoms with Crippen molar-refractivity contribution in [2.45, 2.75) is 6.04 Å². The maximum atomic E-state index is 6.13. The molecule has 1 aromatic carbocycles. The topological polar surface area (TPSA) is 75.3 Å². The second-order valence-electron chi connectivity index (χ2n) is 6.67. The normalized spacial score (nSPS) is 20.1. The van der Waals surface area contributed by atoms with E-state index in [1.54, 1.807) is 0 Å². The summed E-state index contributed by atoms with van der Waals surface area (Å²) in [6.07, 6.45) is 12.6. The molecule has 0 saturated heterocycles. The molecule has 1 aromatic heterocycles. The van der Waals surface area contributed by atoms with Crippen LogP contribution in [0.2, 0.25) is 0 Å². The Morgan fingerprint density at radius 3 is 2.74 bits per heavy atom. The van der Waals surface area contributed by atoms with Crippen molar-refractivity contribution in [1.29, 1.82) is 0 Å². The van der Waals surface area contributed by atoms with Crippen LogP contribution in [0.15, 0.2) is 77.3 Å². The minimum absolute atomic E-state index is 0.228. The fourth-order valence-corrected chi connectivity index (χ4v) is 3.28. The van der Waals surface area contributed by atoms with Crippen molar-refractivity contribution in [3.05, 3.63) is 72.4 Å². The molecule has 0 spiro atoms. The van der Waals surface area contributed by atoms with Crippen LogP contribution in [0.25, 0.3) is 11.3 Å². The van der Waals surface area contributed by atoms with E-state index >= 15 is 0 Å². The lowest BCUT2D eigenvalue weighted by Gasteiger charge is -2.22. The van der Waals surface area contributed by atoms with Crippen LogP contribution in [0.5, 0.6) is 0 Å². The molecule has 4 N–H and O–H groups in total. The van der Waals surface area contributed by atoms with Crippen LogP contribution >= 0.6 is 0 Å². The van der Waals surface area contributed by atoms with E-state index in [2.05, 4.69) is 52.1 Å². The van der Waals surface area contributed by atoms with Crippen molar-refractivity contribution in [3.63, 3.8) is 0 Å². The Morgan fingerprint density at radius 1 is 1.07 bits per heavy atom. The summed E-state index contributed by atoms with van der Waals surface area (Å²) in [5.41, 5.74) is 11.0. The summed E-state index contributed by atoms with van der Waals surface area (Å²) in [5, 5.41) is 6.50. The van der Waals surface area contributed by atoms with Gasteiger partial charge in [0, 0.05) is 37.0 Å². The highest BCUT2D eigenvalue weighted by Crippen LogP contribution is 2.26. The first kappa shape index (κ1) is 17.1. The first-order chi connectivity index (χ1) is 13.2. The van der Waals surface area contributed by atoms with Gasteiger partial charge in [0.05, 0.1) is 17.4 Å². The quantitative estimate of drug-likeness (QED) is 0.758. The molecule has 0 fully saturated rings. The van der Waals surface area contributed by atoms with Gasteiger partial charge in [-0.05, 0) is 35.9 Å². The average molecular weight is 357 g/mol. The Hall–Kier alpha value is -3.34. The zero-order valence-corrected chi connectivity index (χ0v) is 15.3. The van der Waals surface area contributed by atoms with E-state index in [9.17, 15) is 0 Å². The Balaban J connectivity index is 1.49. The molecule has 0 saturated carbocycles. The third-order valence-corrected chi connectivity index (χ3v) is 4.84. The number of aliphatic imine (C=N–C) groups is 1. The van der Waals surface area contributed by atoms with Gasteiger partial charge in [-0.25, -0.2) is 4.98 Å². The van der Waals surface area contributed by atoms with Crippen molar-refractivity contribution >= 4 is 23.4 Å². The number of hydrogen-bond donors (Lipinski definition) is 3. The predicted molar refractivity (Wildman–Crippen MR) is 114 cm³/mol. The molecule has 1 aliphatic heterocycles. The molecule has 2 unspecified atom stereocenters. The summed E-state index contributed by atoms with van der Waals surface area (Å²) in [6.45, 7) is 0.677. The number of benzene rings is 1. The Bertz CT molecular complexity index is 938. The van der Waals surface area contributed by atoms with Crippen LogP contribution in [0.3, 0.4) is 0 Å². The van der Waals surface area contributed by atoms with Crippen molar-refractivity contribution in [1.82, 2.24) is 4.98 Å². The molecule has 136 valence electrons. The number of allylic oxidation sites excluding steroid dienone is 1. The van der Waals surface area contributed by atoms with E-state index < -0.39 is 0 Å². The second kappa shape index (κ2) is 7.50. The first-order valence-corrected chi connectivity index (χ1v) is 9.10. The van der Waals surface area contributed by atoms with E-state index in [1.807, 2.05) is 43.6 Å². The highest BCUT2D eigenvalue weighted by atomic mass is 15.0. The zero-order valence-electron chi connectivity index (χ0n) is 15.3. The zero-order chi connectivity index (χ0) is 18.6. The minimum Gasteiger partial charge on any atom is -0.396 e.